The maximum Gasteiger partial charge on any atom is -0.0325 e. The zero-order chi connectivity index (χ0) is 22.1. The summed E-state index contributed by atoms with van der Waals surface area (Å²) in [4.78, 5) is 0. The van der Waals surface area contributed by atoms with Gasteiger partial charge in [-0.05, 0) is 24.7 Å². The highest BCUT2D eigenvalue weighted by molar-refractivity contribution is 4.82. The molecule has 0 aliphatic heterocycles. The highest BCUT2D eigenvalue weighted by atomic mass is 14.1. The van der Waals surface area contributed by atoms with Crippen LogP contribution in [0.4, 0.5) is 0 Å². The van der Waals surface area contributed by atoms with Gasteiger partial charge in [0.05, 0.1) is 0 Å². The molecule has 0 rings (SSSR count). The van der Waals surface area contributed by atoms with E-state index in [2.05, 4.69) is 39.8 Å². The van der Waals surface area contributed by atoms with Crippen LogP contribution in [0.25, 0.3) is 0 Å². The van der Waals surface area contributed by atoms with Gasteiger partial charge >= 0.3 is 0 Å². The summed E-state index contributed by atoms with van der Waals surface area (Å²) in [7, 11) is 0. The van der Waals surface area contributed by atoms with E-state index in [0.717, 1.165) is 11.8 Å². The van der Waals surface area contributed by atoms with Gasteiger partial charge in [-0.15, -0.1) is 0 Å². The molecule has 0 aliphatic rings. The molecule has 2 unspecified atom stereocenters. The van der Waals surface area contributed by atoms with Crippen molar-refractivity contribution in [3.63, 3.8) is 0 Å². The van der Waals surface area contributed by atoms with E-state index in [9.17, 15) is 0 Å². The van der Waals surface area contributed by atoms with E-state index in [-0.39, 0.29) is 0 Å². The van der Waals surface area contributed by atoms with Crippen LogP contribution in [0.15, 0.2) is 12.2 Å². The number of rotatable bonds is 24. The van der Waals surface area contributed by atoms with Gasteiger partial charge in [-0.2, -0.15) is 0 Å². The Morgan fingerprint density at radius 1 is 0.433 bits per heavy atom. The van der Waals surface area contributed by atoms with E-state index in [1.165, 1.54) is 141 Å². The number of hydrogen-bond acceptors (Lipinski definition) is 0. The molecule has 0 N–H and O–H groups in total. The van der Waals surface area contributed by atoms with E-state index in [1.54, 1.807) is 0 Å². The summed E-state index contributed by atoms with van der Waals surface area (Å²) in [5.41, 5.74) is 0. The molecule has 0 fully saturated rings. The molecule has 0 heteroatoms. The van der Waals surface area contributed by atoms with Crippen LogP contribution in [-0.4, -0.2) is 0 Å². The summed E-state index contributed by atoms with van der Waals surface area (Å²) in [6.45, 7) is 9.46. The largest absolute Gasteiger partial charge is 0.0885 e. The third-order valence-corrected chi connectivity index (χ3v) is 6.85. The Labute approximate surface area is 193 Å². The maximum absolute atomic E-state index is 2.47. The fraction of sp³-hybridized carbons (Fsp3) is 0.933. The van der Waals surface area contributed by atoms with Crippen LogP contribution in [-0.2, 0) is 0 Å². The van der Waals surface area contributed by atoms with Crippen molar-refractivity contribution < 1.29 is 0 Å². The standard InChI is InChI=1S/C30H60/c1-5-7-9-21-25-29(3)27-23-19-17-15-13-11-12-14-16-18-20-24-28-30(4)26-22-10-8-6-2/h9,21,29-30H,5-8,10-20,22-28H2,1-4H3/b21-9+. The van der Waals surface area contributed by atoms with Gasteiger partial charge in [0.1, 0.15) is 0 Å². The molecule has 0 radical (unpaired) electrons. The van der Waals surface area contributed by atoms with Gasteiger partial charge in [-0.25, -0.2) is 0 Å². The van der Waals surface area contributed by atoms with E-state index in [1.807, 2.05) is 0 Å². The zero-order valence-corrected chi connectivity index (χ0v) is 21.9. The van der Waals surface area contributed by atoms with Crippen LogP contribution >= 0.6 is 0 Å². The molecule has 0 spiro atoms. The normalized spacial score (nSPS) is 13.9. The summed E-state index contributed by atoms with van der Waals surface area (Å²) in [5, 5.41) is 0. The Morgan fingerprint density at radius 3 is 1.27 bits per heavy atom. The fourth-order valence-electron chi connectivity index (χ4n) is 4.55. The molecule has 0 aromatic rings. The molecule has 180 valence electrons. The van der Waals surface area contributed by atoms with E-state index >= 15 is 0 Å². The van der Waals surface area contributed by atoms with Crippen molar-refractivity contribution in [1.29, 1.82) is 0 Å². The first kappa shape index (κ1) is 29.7. The van der Waals surface area contributed by atoms with Crippen LogP contribution < -0.4 is 0 Å². The Kier molecular flexibility index (Phi) is 24.8. The smallest absolute Gasteiger partial charge is 0.0325 e. The van der Waals surface area contributed by atoms with Crippen molar-refractivity contribution in [2.75, 3.05) is 0 Å². The van der Waals surface area contributed by atoms with Crippen LogP contribution in [0.1, 0.15) is 169 Å². The van der Waals surface area contributed by atoms with Crippen molar-refractivity contribution in [1.82, 2.24) is 0 Å². The number of allylic oxidation sites excluding steroid dienone is 2. The fourth-order valence-corrected chi connectivity index (χ4v) is 4.55. The van der Waals surface area contributed by atoms with Gasteiger partial charge in [-0.3, -0.25) is 0 Å². The van der Waals surface area contributed by atoms with Crippen molar-refractivity contribution in [2.45, 2.75) is 169 Å². The molecule has 30 heavy (non-hydrogen) atoms. The van der Waals surface area contributed by atoms with Gasteiger partial charge in [0.2, 0.25) is 0 Å². The maximum atomic E-state index is 2.47. The first-order valence-electron chi connectivity index (χ1n) is 14.4. The minimum Gasteiger partial charge on any atom is -0.0885 e. The summed E-state index contributed by atoms with van der Waals surface area (Å²) in [5.74, 6) is 1.85. The average molecular weight is 421 g/mol. The lowest BCUT2D eigenvalue weighted by Gasteiger charge is -2.10. The van der Waals surface area contributed by atoms with Gasteiger partial charge in [0, 0.05) is 0 Å². The highest BCUT2D eigenvalue weighted by Gasteiger charge is 2.02. The van der Waals surface area contributed by atoms with Crippen LogP contribution in [0.2, 0.25) is 0 Å². The van der Waals surface area contributed by atoms with Crippen LogP contribution in [0.3, 0.4) is 0 Å². The summed E-state index contributed by atoms with van der Waals surface area (Å²) < 4.78 is 0. The van der Waals surface area contributed by atoms with Crippen molar-refractivity contribution in [3.05, 3.63) is 12.2 Å². The van der Waals surface area contributed by atoms with Crippen molar-refractivity contribution in [2.24, 2.45) is 11.8 Å². The topological polar surface area (TPSA) is 0 Å². The Balaban J connectivity index is 3.19. The van der Waals surface area contributed by atoms with E-state index in [0.29, 0.717) is 0 Å². The first-order valence-corrected chi connectivity index (χ1v) is 14.4. The van der Waals surface area contributed by atoms with E-state index in [4.69, 9.17) is 0 Å². The van der Waals surface area contributed by atoms with Gasteiger partial charge in [0.25, 0.3) is 0 Å². The third kappa shape index (κ3) is 24.0. The third-order valence-electron chi connectivity index (χ3n) is 6.85. The number of hydrogen-bond donors (Lipinski definition) is 0. The summed E-state index contributed by atoms with van der Waals surface area (Å²) in [6, 6.07) is 0. The molecule has 0 amide bonds. The molecule has 0 bridgehead atoms. The van der Waals surface area contributed by atoms with Crippen molar-refractivity contribution in [3.8, 4) is 0 Å². The molecule has 2 atom stereocenters. The lowest BCUT2D eigenvalue weighted by molar-refractivity contribution is 0.432. The zero-order valence-electron chi connectivity index (χ0n) is 21.9. The monoisotopic (exact) mass is 420 g/mol. The average Bonchev–Trinajstić information content (AvgIpc) is 2.74. The Bertz CT molecular complexity index is 329. The molecular formula is C30H60. The van der Waals surface area contributed by atoms with Gasteiger partial charge in [0.15, 0.2) is 0 Å². The lowest BCUT2D eigenvalue weighted by Crippen LogP contribution is -1.95. The quantitative estimate of drug-likeness (QED) is 0.107. The predicted molar refractivity (Wildman–Crippen MR) is 140 cm³/mol. The summed E-state index contributed by atoms with van der Waals surface area (Å²) in [6.07, 6.45) is 36.4. The molecule has 0 aromatic heterocycles. The predicted octanol–water partition coefficient (Wildman–Crippen LogP) is 11.4. The van der Waals surface area contributed by atoms with Gasteiger partial charge in [-0.1, -0.05) is 168 Å². The molecule has 0 heterocycles. The first-order chi connectivity index (χ1) is 14.7. The molecule has 0 saturated heterocycles. The number of unbranched alkanes of at least 4 members (excludes halogenated alkanes) is 15. The highest BCUT2D eigenvalue weighted by Crippen LogP contribution is 2.19. The second kappa shape index (κ2) is 25.0. The van der Waals surface area contributed by atoms with Crippen LogP contribution in [0, 0.1) is 11.8 Å². The Morgan fingerprint density at radius 2 is 0.833 bits per heavy atom. The second-order valence-corrected chi connectivity index (χ2v) is 10.4. The molecule has 0 nitrogen and oxygen atoms in total. The molecule has 0 aromatic carbocycles. The molecule has 0 saturated carbocycles. The van der Waals surface area contributed by atoms with Gasteiger partial charge < -0.3 is 0 Å². The lowest BCUT2D eigenvalue weighted by atomic mass is 9.96. The Hall–Kier alpha value is -0.260. The molecular weight excluding hydrogens is 360 g/mol. The van der Waals surface area contributed by atoms with Crippen LogP contribution in [0.5, 0.6) is 0 Å². The minimum atomic E-state index is 0.882. The molecule has 0 aliphatic carbocycles. The minimum absolute atomic E-state index is 0.882. The van der Waals surface area contributed by atoms with E-state index < -0.39 is 0 Å². The summed E-state index contributed by atoms with van der Waals surface area (Å²) >= 11 is 0. The van der Waals surface area contributed by atoms with Crippen molar-refractivity contribution >= 4 is 0 Å². The second-order valence-electron chi connectivity index (χ2n) is 10.4. The SMILES string of the molecule is CCC/C=C/CC(C)CCCCCCCCCCCCCCC(C)CCCCCC.